The van der Waals surface area contributed by atoms with Gasteiger partial charge in [0.05, 0.1) is 0 Å². The highest BCUT2D eigenvalue weighted by atomic mass is 15.3. The van der Waals surface area contributed by atoms with Crippen LogP contribution in [0.1, 0.15) is 23.6 Å². The van der Waals surface area contributed by atoms with Gasteiger partial charge in [-0.1, -0.05) is 18.2 Å². The largest absolute Gasteiger partial charge is 0.384 e. The number of hydrogen-bond donors (Lipinski definition) is 1. The lowest BCUT2D eigenvalue weighted by Gasteiger charge is -2.09. The maximum atomic E-state index is 4.26. The van der Waals surface area contributed by atoms with Gasteiger partial charge in [0.25, 0.3) is 0 Å². The van der Waals surface area contributed by atoms with E-state index in [1.54, 1.807) is 0 Å². The van der Waals surface area contributed by atoms with E-state index in [2.05, 4.69) is 51.3 Å². The van der Waals surface area contributed by atoms with Gasteiger partial charge in [0, 0.05) is 31.6 Å². The van der Waals surface area contributed by atoms with Crippen molar-refractivity contribution in [2.75, 3.05) is 11.9 Å². The fourth-order valence-corrected chi connectivity index (χ4v) is 2.48. The molecule has 2 aromatic rings. The van der Waals surface area contributed by atoms with Crippen molar-refractivity contribution < 1.29 is 0 Å². The second kappa shape index (κ2) is 4.80. The van der Waals surface area contributed by atoms with Crippen LogP contribution in [0.4, 0.5) is 5.69 Å². The molecular weight excluding hydrogens is 224 g/mol. The summed E-state index contributed by atoms with van der Waals surface area (Å²) < 4.78 is 2.26. The molecule has 0 bridgehead atoms. The normalized spacial score (nSPS) is 13.6. The molecule has 1 aromatic heterocycles. The number of hydrogen-bond acceptors (Lipinski definition) is 3. The van der Waals surface area contributed by atoms with Crippen molar-refractivity contribution in [2.24, 2.45) is 0 Å². The van der Waals surface area contributed by atoms with E-state index in [9.17, 15) is 0 Å². The Morgan fingerprint density at radius 3 is 3.06 bits per heavy atom. The zero-order valence-corrected chi connectivity index (χ0v) is 10.7. The van der Waals surface area contributed by atoms with Gasteiger partial charge in [-0.15, -0.1) is 10.2 Å². The molecule has 1 N–H and O–H groups in total. The number of benzene rings is 1. The van der Waals surface area contributed by atoms with Gasteiger partial charge in [0.2, 0.25) is 0 Å². The summed E-state index contributed by atoms with van der Waals surface area (Å²) >= 11 is 0. The SMILES string of the molecule is Cc1ccccc1NCCc1nnc2n1CCC2. The standard InChI is InChI=1S/C14H18N4/c1-11-5-2-3-6-12(11)15-9-8-14-17-16-13-7-4-10-18(13)14/h2-3,5-6,15H,4,7-10H2,1H3. The molecule has 94 valence electrons. The summed E-state index contributed by atoms with van der Waals surface area (Å²) in [6.45, 7) is 4.11. The lowest BCUT2D eigenvalue weighted by Crippen LogP contribution is -2.10. The minimum atomic E-state index is 0.906. The number of anilines is 1. The lowest BCUT2D eigenvalue weighted by atomic mass is 10.2. The van der Waals surface area contributed by atoms with Gasteiger partial charge in [-0.3, -0.25) is 0 Å². The minimum absolute atomic E-state index is 0.906. The third-order valence-corrected chi connectivity index (χ3v) is 3.50. The highest BCUT2D eigenvalue weighted by molar-refractivity contribution is 5.50. The second-order valence-electron chi connectivity index (χ2n) is 4.78. The Morgan fingerprint density at radius 2 is 2.17 bits per heavy atom. The average Bonchev–Trinajstić information content (AvgIpc) is 2.96. The Balaban J connectivity index is 1.60. The summed E-state index contributed by atoms with van der Waals surface area (Å²) in [5, 5.41) is 12.0. The van der Waals surface area contributed by atoms with Crippen LogP contribution in [-0.4, -0.2) is 21.3 Å². The maximum Gasteiger partial charge on any atom is 0.134 e. The van der Waals surface area contributed by atoms with E-state index in [-0.39, 0.29) is 0 Å². The summed E-state index contributed by atoms with van der Waals surface area (Å²) in [5.74, 6) is 2.27. The van der Waals surface area contributed by atoms with Crippen LogP contribution >= 0.6 is 0 Å². The van der Waals surface area contributed by atoms with E-state index in [1.165, 1.54) is 17.7 Å². The van der Waals surface area contributed by atoms with Crippen LogP contribution in [0.5, 0.6) is 0 Å². The number of nitrogens with one attached hydrogen (secondary N) is 1. The van der Waals surface area contributed by atoms with Crippen molar-refractivity contribution in [2.45, 2.75) is 32.7 Å². The molecule has 0 radical (unpaired) electrons. The van der Waals surface area contributed by atoms with Gasteiger partial charge in [-0.05, 0) is 25.0 Å². The van der Waals surface area contributed by atoms with E-state index in [4.69, 9.17) is 0 Å². The third kappa shape index (κ3) is 2.10. The second-order valence-corrected chi connectivity index (χ2v) is 4.78. The van der Waals surface area contributed by atoms with Crippen LogP contribution in [0.3, 0.4) is 0 Å². The van der Waals surface area contributed by atoms with E-state index < -0.39 is 0 Å². The molecular formula is C14H18N4. The minimum Gasteiger partial charge on any atom is -0.384 e. The first-order valence-corrected chi connectivity index (χ1v) is 6.55. The third-order valence-electron chi connectivity index (χ3n) is 3.50. The zero-order chi connectivity index (χ0) is 12.4. The van der Waals surface area contributed by atoms with Crippen LogP contribution in [0.25, 0.3) is 0 Å². The topological polar surface area (TPSA) is 42.7 Å². The van der Waals surface area contributed by atoms with Gasteiger partial charge >= 0.3 is 0 Å². The number of nitrogens with zero attached hydrogens (tertiary/aromatic N) is 3. The molecule has 0 aliphatic carbocycles. The Hall–Kier alpha value is -1.84. The van der Waals surface area contributed by atoms with Crippen LogP contribution < -0.4 is 5.32 Å². The molecule has 18 heavy (non-hydrogen) atoms. The van der Waals surface area contributed by atoms with E-state index in [0.29, 0.717) is 0 Å². The number of aryl methyl sites for hydroxylation is 2. The Bertz CT molecular complexity index is 544. The van der Waals surface area contributed by atoms with Crippen molar-refractivity contribution in [3.63, 3.8) is 0 Å². The van der Waals surface area contributed by atoms with E-state index in [1.807, 2.05) is 0 Å². The Labute approximate surface area is 107 Å². The van der Waals surface area contributed by atoms with Gasteiger partial charge < -0.3 is 9.88 Å². The first-order chi connectivity index (χ1) is 8.84. The molecule has 0 fully saturated rings. The van der Waals surface area contributed by atoms with Gasteiger partial charge in [0.15, 0.2) is 0 Å². The van der Waals surface area contributed by atoms with Crippen molar-refractivity contribution in [3.8, 4) is 0 Å². The number of rotatable bonds is 4. The number of fused-ring (bicyclic) bond motifs is 1. The highest BCUT2D eigenvalue weighted by Crippen LogP contribution is 2.15. The van der Waals surface area contributed by atoms with Crippen molar-refractivity contribution in [1.82, 2.24) is 14.8 Å². The maximum absolute atomic E-state index is 4.26. The average molecular weight is 242 g/mol. The summed E-state index contributed by atoms with van der Waals surface area (Å²) in [6.07, 6.45) is 3.22. The Kier molecular flexibility index (Phi) is 3.00. The fraction of sp³-hybridized carbons (Fsp3) is 0.429. The van der Waals surface area contributed by atoms with E-state index in [0.717, 1.165) is 37.6 Å². The first-order valence-electron chi connectivity index (χ1n) is 6.55. The van der Waals surface area contributed by atoms with E-state index >= 15 is 0 Å². The van der Waals surface area contributed by atoms with Crippen LogP contribution in [-0.2, 0) is 19.4 Å². The monoisotopic (exact) mass is 242 g/mol. The molecule has 0 atom stereocenters. The quantitative estimate of drug-likeness (QED) is 0.893. The summed E-state index contributed by atoms with van der Waals surface area (Å²) in [4.78, 5) is 0. The molecule has 1 aromatic carbocycles. The molecule has 4 heteroatoms. The molecule has 3 rings (SSSR count). The zero-order valence-electron chi connectivity index (χ0n) is 10.7. The van der Waals surface area contributed by atoms with Crippen LogP contribution in [0.2, 0.25) is 0 Å². The first kappa shape index (κ1) is 11.3. The summed E-state index contributed by atoms with van der Waals surface area (Å²) in [7, 11) is 0. The van der Waals surface area contributed by atoms with Crippen molar-refractivity contribution >= 4 is 5.69 Å². The predicted octanol–water partition coefficient (Wildman–Crippen LogP) is 2.19. The molecule has 1 aliphatic heterocycles. The molecule has 1 aliphatic rings. The molecule has 0 saturated heterocycles. The molecule has 0 unspecified atom stereocenters. The molecule has 2 heterocycles. The fourth-order valence-electron chi connectivity index (χ4n) is 2.48. The molecule has 4 nitrogen and oxygen atoms in total. The van der Waals surface area contributed by atoms with Gasteiger partial charge in [-0.25, -0.2) is 0 Å². The van der Waals surface area contributed by atoms with Crippen molar-refractivity contribution in [3.05, 3.63) is 41.5 Å². The lowest BCUT2D eigenvalue weighted by molar-refractivity contribution is 0.687. The predicted molar refractivity (Wildman–Crippen MR) is 71.7 cm³/mol. The molecule has 0 spiro atoms. The van der Waals surface area contributed by atoms with Crippen LogP contribution in [0.15, 0.2) is 24.3 Å². The summed E-state index contributed by atoms with van der Waals surface area (Å²) in [6, 6.07) is 8.36. The Morgan fingerprint density at radius 1 is 1.28 bits per heavy atom. The van der Waals surface area contributed by atoms with Crippen LogP contribution in [0, 0.1) is 6.92 Å². The molecule has 0 amide bonds. The highest BCUT2D eigenvalue weighted by Gasteiger charge is 2.16. The molecule has 0 saturated carbocycles. The van der Waals surface area contributed by atoms with Gasteiger partial charge in [0.1, 0.15) is 11.6 Å². The number of para-hydroxylation sites is 1. The summed E-state index contributed by atoms with van der Waals surface area (Å²) in [5.41, 5.74) is 2.49. The van der Waals surface area contributed by atoms with Crippen molar-refractivity contribution in [1.29, 1.82) is 0 Å². The van der Waals surface area contributed by atoms with Gasteiger partial charge in [-0.2, -0.15) is 0 Å². The smallest absolute Gasteiger partial charge is 0.134 e. The number of aromatic nitrogens is 3.